The standard InChI is InChI=1S/C72H73FN4O/c1-45(2)48-34-49(46(3)4)36-50(35-48)62-40-53(71(8,9)10)39-61(47-26-28-54(73)29-27-47)69(62)76-44-75(65-24-18-19-25-66(65)76)55-37-51(58-20-14-16-22-63(58)72(11,12)13)38-57(42-55)78-56-30-31-60-59-21-15-17-23-64(59)77(67(60)43-56)68-41-52(32-33-74-68)70(5,6)7/h14-43,45-46H,44H2,1-13H3. The zero-order valence-electron chi connectivity index (χ0n) is 47.8. The normalized spacial score (nSPS) is 13.1. The molecule has 0 spiro atoms. The topological polar surface area (TPSA) is 33.5 Å². The lowest BCUT2D eigenvalue weighted by atomic mass is 9.81. The van der Waals surface area contributed by atoms with E-state index in [0.29, 0.717) is 18.5 Å². The number of halogens is 1. The van der Waals surface area contributed by atoms with Crippen LogP contribution >= 0.6 is 0 Å². The van der Waals surface area contributed by atoms with Crippen LogP contribution < -0.4 is 14.5 Å². The number of anilines is 4. The number of hydrogen-bond acceptors (Lipinski definition) is 4. The fraction of sp³-hybridized carbons (Fsp3) is 0.264. The predicted octanol–water partition coefficient (Wildman–Crippen LogP) is 20.5. The summed E-state index contributed by atoms with van der Waals surface area (Å²) in [6.07, 6.45) is 1.93. The lowest BCUT2D eigenvalue weighted by Gasteiger charge is -2.31. The Labute approximate surface area is 462 Å². The second-order valence-electron chi connectivity index (χ2n) is 25.2. The number of hydrogen-bond donors (Lipinski definition) is 0. The van der Waals surface area contributed by atoms with Gasteiger partial charge in [-0.3, -0.25) is 4.57 Å². The summed E-state index contributed by atoms with van der Waals surface area (Å²) >= 11 is 0. The molecule has 0 aliphatic carbocycles. The molecule has 11 rings (SSSR count). The first-order chi connectivity index (χ1) is 37.1. The third-order valence-corrected chi connectivity index (χ3v) is 15.7. The van der Waals surface area contributed by atoms with Crippen molar-refractivity contribution in [1.29, 1.82) is 0 Å². The lowest BCUT2D eigenvalue weighted by Crippen LogP contribution is -2.25. The van der Waals surface area contributed by atoms with Crippen LogP contribution in [0.2, 0.25) is 0 Å². The number of fused-ring (bicyclic) bond motifs is 4. The Morgan fingerprint density at radius 2 is 1.08 bits per heavy atom. The molecule has 10 aromatic rings. The van der Waals surface area contributed by atoms with Crippen LogP contribution in [0.15, 0.2) is 182 Å². The van der Waals surface area contributed by atoms with E-state index < -0.39 is 0 Å². The average Bonchev–Trinajstić information content (AvgIpc) is 3.98. The van der Waals surface area contributed by atoms with E-state index in [1.807, 2.05) is 18.3 Å². The van der Waals surface area contributed by atoms with Crippen LogP contribution in [-0.2, 0) is 16.2 Å². The van der Waals surface area contributed by atoms with E-state index in [0.717, 1.165) is 89.7 Å². The van der Waals surface area contributed by atoms with Gasteiger partial charge in [0.05, 0.1) is 28.1 Å². The summed E-state index contributed by atoms with van der Waals surface area (Å²) in [6, 6.07) is 62.6. The van der Waals surface area contributed by atoms with Crippen LogP contribution in [0.4, 0.5) is 27.1 Å². The van der Waals surface area contributed by atoms with Gasteiger partial charge >= 0.3 is 0 Å². The van der Waals surface area contributed by atoms with Crippen molar-refractivity contribution in [3.05, 3.63) is 216 Å². The molecule has 3 heterocycles. The monoisotopic (exact) mass is 1030 g/mol. The Morgan fingerprint density at radius 1 is 0.474 bits per heavy atom. The summed E-state index contributed by atoms with van der Waals surface area (Å²) in [6.45, 7) is 30.0. The van der Waals surface area contributed by atoms with Crippen molar-refractivity contribution in [1.82, 2.24) is 9.55 Å². The average molecular weight is 1030 g/mol. The van der Waals surface area contributed by atoms with Crippen LogP contribution in [0.3, 0.4) is 0 Å². The minimum atomic E-state index is -0.257. The molecular weight excluding hydrogens is 956 g/mol. The van der Waals surface area contributed by atoms with Crippen molar-refractivity contribution in [2.24, 2.45) is 0 Å². The molecule has 78 heavy (non-hydrogen) atoms. The zero-order valence-corrected chi connectivity index (χ0v) is 47.8. The number of rotatable bonds is 10. The maximum Gasteiger partial charge on any atom is 0.137 e. The molecule has 8 aromatic carbocycles. The molecule has 0 radical (unpaired) electrons. The molecule has 0 amide bonds. The maximum atomic E-state index is 14.9. The van der Waals surface area contributed by atoms with E-state index in [1.54, 1.807) is 12.1 Å². The fourth-order valence-corrected chi connectivity index (χ4v) is 11.3. The largest absolute Gasteiger partial charge is 0.457 e. The Morgan fingerprint density at radius 3 is 1.74 bits per heavy atom. The SMILES string of the molecule is CC(C)c1cc(-c2cc(C(C)(C)C)cc(-c3ccc(F)cc3)c2N2CN(c3cc(Oc4ccc5c6ccccc6n(-c6cc(C(C)(C)C)ccn6)c5c4)cc(-c4ccccc4C(C)(C)C)c3)c3ccccc32)cc(C(C)C)c1. The van der Waals surface area contributed by atoms with Gasteiger partial charge in [0.15, 0.2) is 0 Å². The molecule has 0 bridgehead atoms. The van der Waals surface area contributed by atoms with Gasteiger partial charge in [-0.05, 0) is 157 Å². The van der Waals surface area contributed by atoms with E-state index in [9.17, 15) is 4.39 Å². The summed E-state index contributed by atoms with van der Waals surface area (Å²) in [7, 11) is 0. The highest BCUT2D eigenvalue weighted by Gasteiger charge is 2.34. The third kappa shape index (κ3) is 9.87. The summed E-state index contributed by atoms with van der Waals surface area (Å²) in [5, 5.41) is 2.30. The van der Waals surface area contributed by atoms with Gasteiger partial charge in [0, 0.05) is 45.9 Å². The first-order valence-corrected chi connectivity index (χ1v) is 27.8. The molecule has 0 saturated carbocycles. The zero-order chi connectivity index (χ0) is 55.0. The molecule has 1 aliphatic heterocycles. The summed E-state index contributed by atoms with van der Waals surface area (Å²) in [4.78, 5) is 9.88. The molecule has 6 heteroatoms. The smallest absolute Gasteiger partial charge is 0.137 e. The maximum absolute atomic E-state index is 14.9. The number of benzene rings is 8. The van der Waals surface area contributed by atoms with Gasteiger partial charge in [-0.25, -0.2) is 9.37 Å². The highest BCUT2D eigenvalue weighted by Crippen LogP contribution is 2.53. The molecule has 2 aromatic heterocycles. The summed E-state index contributed by atoms with van der Waals surface area (Å²) in [5.41, 5.74) is 18.9. The summed E-state index contributed by atoms with van der Waals surface area (Å²) < 4.78 is 24.4. The van der Waals surface area contributed by atoms with Crippen LogP contribution in [0.25, 0.3) is 61.0 Å². The van der Waals surface area contributed by atoms with Crippen LogP contribution in [0, 0.1) is 5.82 Å². The van der Waals surface area contributed by atoms with Crippen molar-refractivity contribution >= 4 is 44.6 Å². The lowest BCUT2D eigenvalue weighted by molar-refractivity contribution is 0.483. The van der Waals surface area contributed by atoms with E-state index in [-0.39, 0.29) is 22.1 Å². The van der Waals surface area contributed by atoms with Gasteiger partial charge in [0.2, 0.25) is 0 Å². The first kappa shape index (κ1) is 52.1. The Balaban J connectivity index is 1.11. The Bertz CT molecular complexity index is 3870. The van der Waals surface area contributed by atoms with Gasteiger partial charge in [0.25, 0.3) is 0 Å². The second-order valence-corrected chi connectivity index (χ2v) is 25.2. The molecule has 1 aliphatic rings. The predicted molar refractivity (Wildman–Crippen MR) is 328 cm³/mol. The number of ether oxygens (including phenoxy) is 1. The van der Waals surface area contributed by atoms with Crippen molar-refractivity contribution < 1.29 is 9.13 Å². The van der Waals surface area contributed by atoms with Gasteiger partial charge in [-0.2, -0.15) is 0 Å². The van der Waals surface area contributed by atoms with E-state index in [2.05, 4.69) is 256 Å². The van der Waals surface area contributed by atoms with Crippen molar-refractivity contribution in [2.75, 3.05) is 16.5 Å². The minimum absolute atomic E-state index is 0.0487. The minimum Gasteiger partial charge on any atom is -0.457 e. The molecule has 0 atom stereocenters. The van der Waals surface area contributed by atoms with Crippen molar-refractivity contribution in [3.63, 3.8) is 0 Å². The highest BCUT2D eigenvalue weighted by molar-refractivity contribution is 6.09. The quantitative estimate of drug-likeness (QED) is 0.137. The van der Waals surface area contributed by atoms with E-state index in [4.69, 9.17) is 9.72 Å². The molecule has 0 saturated heterocycles. The first-order valence-electron chi connectivity index (χ1n) is 27.8. The number of aromatic nitrogens is 2. The summed E-state index contributed by atoms with van der Waals surface area (Å²) in [5.74, 6) is 2.73. The molecule has 5 nitrogen and oxygen atoms in total. The van der Waals surface area contributed by atoms with Crippen LogP contribution in [-0.4, -0.2) is 16.2 Å². The van der Waals surface area contributed by atoms with Crippen molar-refractivity contribution in [3.8, 4) is 50.7 Å². The number of para-hydroxylation sites is 3. The molecular formula is C72H73FN4O. The fourth-order valence-electron chi connectivity index (χ4n) is 11.3. The molecule has 394 valence electrons. The van der Waals surface area contributed by atoms with Crippen molar-refractivity contribution in [2.45, 2.75) is 118 Å². The number of pyridine rings is 1. The van der Waals surface area contributed by atoms with Gasteiger partial charge in [-0.15, -0.1) is 0 Å². The number of nitrogens with zero attached hydrogens (tertiary/aromatic N) is 4. The third-order valence-electron chi connectivity index (χ3n) is 15.7. The molecule has 0 fully saturated rings. The highest BCUT2D eigenvalue weighted by atomic mass is 19.1. The van der Waals surface area contributed by atoms with E-state index in [1.165, 1.54) is 33.4 Å². The Hall–Kier alpha value is -7.96. The van der Waals surface area contributed by atoms with Crippen LogP contribution in [0.5, 0.6) is 11.5 Å². The van der Waals surface area contributed by atoms with Gasteiger partial charge in [-0.1, -0.05) is 175 Å². The molecule has 0 N–H and O–H groups in total. The van der Waals surface area contributed by atoms with Gasteiger partial charge < -0.3 is 14.5 Å². The Kier molecular flexibility index (Phi) is 13.2. The van der Waals surface area contributed by atoms with E-state index >= 15 is 0 Å². The van der Waals surface area contributed by atoms with Gasteiger partial charge in [0.1, 0.15) is 29.8 Å². The molecule has 0 unspecified atom stereocenters. The van der Waals surface area contributed by atoms with Crippen LogP contribution in [0.1, 0.15) is 130 Å². The second kappa shape index (κ2) is 19.8.